The van der Waals surface area contributed by atoms with Crippen LogP contribution in [0.15, 0.2) is 24.3 Å². The number of nitrogens with two attached hydrogens (primary N) is 1. The first-order chi connectivity index (χ1) is 9.28. The van der Waals surface area contributed by atoms with Crippen LogP contribution in [0.5, 0.6) is 0 Å². The normalized spacial score (nSPS) is 11.2. The van der Waals surface area contributed by atoms with E-state index in [-0.39, 0.29) is 23.2 Å². The van der Waals surface area contributed by atoms with Gasteiger partial charge >= 0.3 is 0 Å². The summed E-state index contributed by atoms with van der Waals surface area (Å²) in [5.74, 6) is 0.382. The van der Waals surface area contributed by atoms with Gasteiger partial charge in [0.25, 0.3) is 0 Å². The maximum atomic E-state index is 11.8. The van der Waals surface area contributed by atoms with Gasteiger partial charge in [-0.2, -0.15) is 0 Å². The number of ketones is 1. The fourth-order valence-electron chi connectivity index (χ4n) is 1.33. The van der Waals surface area contributed by atoms with Crippen LogP contribution < -0.4 is 11.1 Å². The summed E-state index contributed by atoms with van der Waals surface area (Å²) in [6.07, 6.45) is 0. The number of rotatable bonds is 7. The Balaban J connectivity index is 2.28. The SMILES string of the molecule is CC(C)(N)CNC(=O)CSCC(=O)c1ccc(Cl)cc1. The van der Waals surface area contributed by atoms with Crippen molar-refractivity contribution in [3.05, 3.63) is 34.9 Å². The second-order valence-electron chi connectivity index (χ2n) is 5.19. The summed E-state index contributed by atoms with van der Waals surface area (Å²) in [7, 11) is 0. The lowest BCUT2D eigenvalue weighted by atomic mass is 10.1. The van der Waals surface area contributed by atoms with Gasteiger partial charge in [0.15, 0.2) is 5.78 Å². The Kier molecular flexibility index (Phi) is 6.52. The van der Waals surface area contributed by atoms with Crippen LogP contribution in [0.25, 0.3) is 0 Å². The molecule has 4 nitrogen and oxygen atoms in total. The van der Waals surface area contributed by atoms with E-state index in [2.05, 4.69) is 5.32 Å². The van der Waals surface area contributed by atoms with Gasteiger partial charge in [-0.3, -0.25) is 9.59 Å². The smallest absolute Gasteiger partial charge is 0.230 e. The first kappa shape index (κ1) is 17.0. The van der Waals surface area contributed by atoms with Crippen molar-refractivity contribution in [3.8, 4) is 0 Å². The topological polar surface area (TPSA) is 72.2 Å². The molecule has 0 atom stereocenters. The minimum Gasteiger partial charge on any atom is -0.354 e. The molecule has 0 aliphatic heterocycles. The number of halogens is 1. The highest BCUT2D eigenvalue weighted by Gasteiger charge is 2.13. The Morgan fingerprint density at radius 1 is 1.25 bits per heavy atom. The van der Waals surface area contributed by atoms with E-state index in [1.54, 1.807) is 24.3 Å². The van der Waals surface area contributed by atoms with Gasteiger partial charge in [0, 0.05) is 22.7 Å². The highest BCUT2D eigenvalue weighted by atomic mass is 35.5. The van der Waals surface area contributed by atoms with Crippen LogP contribution in [0.2, 0.25) is 5.02 Å². The second-order valence-corrected chi connectivity index (χ2v) is 6.61. The highest BCUT2D eigenvalue weighted by Crippen LogP contribution is 2.12. The van der Waals surface area contributed by atoms with E-state index in [4.69, 9.17) is 17.3 Å². The van der Waals surface area contributed by atoms with Crippen molar-refractivity contribution >= 4 is 35.1 Å². The van der Waals surface area contributed by atoms with E-state index in [0.29, 0.717) is 17.1 Å². The van der Waals surface area contributed by atoms with Crippen molar-refractivity contribution in [2.45, 2.75) is 19.4 Å². The molecular weight excluding hydrogens is 296 g/mol. The molecular formula is C14H19ClN2O2S. The third kappa shape index (κ3) is 6.93. The Bertz CT molecular complexity index is 469. The van der Waals surface area contributed by atoms with Gasteiger partial charge in [-0.1, -0.05) is 11.6 Å². The molecule has 0 unspecified atom stereocenters. The van der Waals surface area contributed by atoms with Gasteiger partial charge in [-0.15, -0.1) is 11.8 Å². The molecule has 1 aromatic rings. The highest BCUT2D eigenvalue weighted by molar-refractivity contribution is 8.00. The van der Waals surface area contributed by atoms with Crippen molar-refractivity contribution in [2.24, 2.45) is 5.73 Å². The maximum absolute atomic E-state index is 11.8. The molecule has 110 valence electrons. The van der Waals surface area contributed by atoms with E-state index < -0.39 is 5.54 Å². The van der Waals surface area contributed by atoms with Gasteiger partial charge in [0.1, 0.15) is 0 Å². The lowest BCUT2D eigenvalue weighted by Gasteiger charge is -2.18. The summed E-state index contributed by atoms with van der Waals surface area (Å²) in [6, 6.07) is 6.72. The third-order valence-corrected chi connectivity index (χ3v) is 3.56. The molecule has 0 radical (unpaired) electrons. The zero-order valence-electron chi connectivity index (χ0n) is 11.6. The van der Waals surface area contributed by atoms with Gasteiger partial charge in [0.05, 0.1) is 11.5 Å². The minimum absolute atomic E-state index is 0.0152. The number of nitrogens with one attached hydrogen (secondary N) is 1. The summed E-state index contributed by atoms with van der Waals surface area (Å²) in [4.78, 5) is 23.4. The van der Waals surface area contributed by atoms with Crippen LogP contribution in [0.4, 0.5) is 0 Å². The number of hydrogen-bond acceptors (Lipinski definition) is 4. The zero-order chi connectivity index (χ0) is 15.2. The van der Waals surface area contributed by atoms with E-state index in [1.165, 1.54) is 11.8 Å². The van der Waals surface area contributed by atoms with Gasteiger partial charge in [-0.05, 0) is 38.1 Å². The standard InChI is InChI=1S/C14H19ClN2O2S/c1-14(2,16)9-17-13(19)8-20-7-12(18)10-3-5-11(15)6-4-10/h3-6H,7-9,16H2,1-2H3,(H,17,19). The molecule has 6 heteroatoms. The number of thioether (sulfide) groups is 1. The van der Waals surface area contributed by atoms with Crippen molar-refractivity contribution in [3.63, 3.8) is 0 Å². The Morgan fingerprint density at radius 2 is 1.85 bits per heavy atom. The summed E-state index contributed by atoms with van der Waals surface area (Å²) in [5.41, 5.74) is 5.93. The molecule has 1 aromatic carbocycles. The Hall–Kier alpha value is -1.04. The molecule has 0 saturated heterocycles. The number of hydrogen-bond donors (Lipinski definition) is 2. The number of carbonyl (C=O) groups is 2. The molecule has 0 spiro atoms. The van der Waals surface area contributed by atoms with Crippen molar-refractivity contribution in [1.29, 1.82) is 0 Å². The monoisotopic (exact) mass is 314 g/mol. The predicted octanol–water partition coefficient (Wildman–Crippen LogP) is 2.11. The van der Waals surface area contributed by atoms with Crippen LogP contribution in [0.3, 0.4) is 0 Å². The lowest BCUT2D eigenvalue weighted by Crippen LogP contribution is -2.45. The lowest BCUT2D eigenvalue weighted by molar-refractivity contribution is -0.118. The molecule has 0 heterocycles. The Labute approximate surface area is 128 Å². The fraction of sp³-hybridized carbons (Fsp3) is 0.429. The molecule has 1 rings (SSSR count). The van der Waals surface area contributed by atoms with Gasteiger partial charge in [-0.25, -0.2) is 0 Å². The molecule has 20 heavy (non-hydrogen) atoms. The van der Waals surface area contributed by atoms with E-state index in [1.807, 2.05) is 13.8 Å². The average Bonchev–Trinajstić information content (AvgIpc) is 2.36. The minimum atomic E-state index is -0.431. The van der Waals surface area contributed by atoms with E-state index in [0.717, 1.165) is 0 Å². The van der Waals surface area contributed by atoms with E-state index in [9.17, 15) is 9.59 Å². The van der Waals surface area contributed by atoms with Crippen LogP contribution >= 0.6 is 23.4 Å². The summed E-state index contributed by atoms with van der Waals surface area (Å²) in [6.45, 7) is 4.09. The quantitative estimate of drug-likeness (QED) is 0.756. The van der Waals surface area contributed by atoms with Gasteiger partial charge in [0.2, 0.25) is 5.91 Å². The fourth-order valence-corrected chi connectivity index (χ4v) is 2.20. The molecule has 3 N–H and O–H groups in total. The first-order valence-electron chi connectivity index (χ1n) is 6.20. The van der Waals surface area contributed by atoms with Crippen LogP contribution in [0, 0.1) is 0 Å². The number of Topliss-reactive ketones (excluding diaryl/α,β-unsaturated/α-hetero) is 1. The number of carbonyl (C=O) groups excluding carboxylic acids is 2. The van der Waals surface area contributed by atoms with Crippen molar-refractivity contribution in [1.82, 2.24) is 5.32 Å². The Morgan fingerprint density at radius 3 is 2.40 bits per heavy atom. The molecule has 1 amide bonds. The van der Waals surface area contributed by atoms with Crippen LogP contribution in [-0.2, 0) is 4.79 Å². The molecule has 0 fully saturated rings. The third-order valence-electron chi connectivity index (χ3n) is 2.37. The van der Waals surface area contributed by atoms with Crippen LogP contribution in [-0.4, -0.2) is 35.3 Å². The molecule has 0 bridgehead atoms. The zero-order valence-corrected chi connectivity index (χ0v) is 13.2. The largest absolute Gasteiger partial charge is 0.354 e. The maximum Gasteiger partial charge on any atom is 0.230 e. The molecule has 0 aromatic heterocycles. The molecule has 0 aliphatic rings. The average molecular weight is 315 g/mol. The summed E-state index contributed by atoms with van der Waals surface area (Å²) in [5, 5.41) is 3.33. The molecule has 0 aliphatic carbocycles. The number of benzene rings is 1. The second kappa shape index (κ2) is 7.67. The predicted molar refractivity (Wildman–Crippen MR) is 84.4 cm³/mol. The summed E-state index contributed by atoms with van der Waals surface area (Å²) < 4.78 is 0. The van der Waals surface area contributed by atoms with Crippen molar-refractivity contribution in [2.75, 3.05) is 18.1 Å². The van der Waals surface area contributed by atoms with Gasteiger partial charge < -0.3 is 11.1 Å². The van der Waals surface area contributed by atoms with Crippen LogP contribution in [0.1, 0.15) is 24.2 Å². The summed E-state index contributed by atoms with van der Waals surface area (Å²) >= 11 is 7.04. The molecule has 0 saturated carbocycles. The number of amides is 1. The van der Waals surface area contributed by atoms with Crippen molar-refractivity contribution < 1.29 is 9.59 Å². The van der Waals surface area contributed by atoms with E-state index >= 15 is 0 Å². The first-order valence-corrected chi connectivity index (χ1v) is 7.73.